The van der Waals surface area contributed by atoms with Crippen molar-refractivity contribution in [3.05, 3.63) is 23.8 Å². The Bertz CT molecular complexity index is 187. The number of allylic oxidation sites excluding steroid dienone is 2. The number of rotatable bonds is 5. The van der Waals surface area contributed by atoms with Gasteiger partial charge in [0.25, 0.3) is 0 Å². The largest absolute Gasteiger partial charge is 0.372 e. The van der Waals surface area contributed by atoms with Crippen molar-refractivity contribution in [1.29, 1.82) is 0 Å². The fourth-order valence-electron chi connectivity index (χ4n) is 0.831. The molecule has 0 aromatic carbocycles. The molecule has 0 aliphatic heterocycles. The molecule has 0 aliphatic rings. The summed E-state index contributed by atoms with van der Waals surface area (Å²) in [6.45, 7) is 6.02. The molecule has 0 saturated heterocycles. The van der Waals surface area contributed by atoms with Gasteiger partial charge in [-0.3, -0.25) is 0 Å². The monoisotopic (exact) mass is 185 g/mol. The molecule has 0 bridgehead atoms. The Labute approximate surface area is 79.7 Å². The number of aliphatic hydroxyl groups excluding tert-OH is 1. The highest BCUT2D eigenvalue weighted by atomic mass is 16.5. The summed E-state index contributed by atoms with van der Waals surface area (Å²) in [5.41, 5.74) is 2.46. The van der Waals surface area contributed by atoms with Gasteiger partial charge < -0.3 is 10.3 Å². The minimum atomic E-state index is -0.995. The first-order chi connectivity index (χ1) is 6.15. The molecule has 2 atom stereocenters. The molecule has 0 amide bonds. The molecule has 3 N–H and O–H groups in total. The Kier molecular flexibility index (Phi) is 6.49. The van der Waals surface area contributed by atoms with E-state index in [0.29, 0.717) is 11.5 Å². The lowest BCUT2D eigenvalue weighted by Gasteiger charge is -2.09. The van der Waals surface area contributed by atoms with Crippen LogP contribution in [0.3, 0.4) is 0 Å². The minimum Gasteiger partial charge on any atom is -0.372 e. The zero-order chi connectivity index (χ0) is 10.3. The topological polar surface area (TPSA) is 52.5 Å². The smallest absolute Gasteiger partial charge is 0.152 e. The van der Waals surface area contributed by atoms with Gasteiger partial charge in [-0.2, -0.15) is 5.48 Å². The average Bonchev–Trinajstić information content (AvgIpc) is 2.17. The second-order valence-electron chi connectivity index (χ2n) is 3.06. The van der Waals surface area contributed by atoms with Crippen LogP contribution in [0.15, 0.2) is 23.8 Å². The zero-order valence-corrected chi connectivity index (χ0v) is 8.49. The standard InChI is InChI=1S/C10H19NO2/c1-4-8(3)6-7-9(5-2)10(12)11-13/h5-8,10-13H,4H2,1-3H3. The van der Waals surface area contributed by atoms with E-state index >= 15 is 0 Å². The van der Waals surface area contributed by atoms with Gasteiger partial charge in [-0.15, -0.1) is 0 Å². The van der Waals surface area contributed by atoms with E-state index in [1.54, 1.807) is 11.6 Å². The highest BCUT2D eigenvalue weighted by Gasteiger charge is 2.04. The molecule has 3 nitrogen and oxygen atoms in total. The van der Waals surface area contributed by atoms with Crippen molar-refractivity contribution in [3.8, 4) is 0 Å². The van der Waals surface area contributed by atoms with Gasteiger partial charge in [0.15, 0.2) is 6.23 Å². The van der Waals surface area contributed by atoms with Gasteiger partial charge in [-0.25, -0.2) is 0 Å². The van der Waals surface area contributed by atoms with Crippen LogP contribution in [0.1, 0.15) is 27.2 Å². The quantitative estimate of drug-likeness (QED) is 0.348. The van der Waals surface area contributed by atoms with Gasteiger partial charge in [-0.1, -0.05) is 38.5 Å². The van der Waals surface area contributed by atoms with Crippen molar-refractivity contribution in [3.63, 3.8) is 0 Å². The van der Waals surface area contributed by atoms with Crippen molar-refractivity contribution in [2.24, 2.45) is 5.92 Å². The lowest BCUT2D eigenvalue weighted by Crippen LogP contribution is -2.26. The van der Waals surface area contributed by atoms with Crippen LogP contribution in [-0.4, -0.2) is 16.5 Å². The third-order valence-corrected chi connectivity index (χ3v) is 2.03. The van der Waals surface area contributed by atoms with Crippen LogP contribution in [0.5, 0.6) is 0 Å². The summed E-state index contributed by atoms with van der Waals surface area (Å²) in [5.74, 6) is 0.487. The fourth-order valence-corrected chi connectivity index (χ4v) is 0.831. The van der Waals surface area contributed by atoms with Crippen molar-refractivity contribution < 1.29 is 10.3 Å². The highest BCUT2D eigenvalue weighted by molar-refractivity contribution is 5.21. The molecule has 13 heavy (non-hydrogen) atoms. The molecular formula is C10H19NO2. The molecule has 0 fully saturated rings. The predicted molar refractivity (Wildman–Crippen MR) is 53.3 cm³/mol. The van der Waals surface area contributed by atoms with Crippen molar-refractivity contribution >= 4 is 0 Å². The molecule has 0 heterocycles. The van der Waals surface area contributed by atoms with Crippen molar-refractivity contribution in [2.75, 3.05) is 0 Å². The molecule has 0 saturated carbocycles. The minimum absolute atomic E-state index is 0.487. The Hall–Kier alpha value is -0.640. The van der Waals surface area contributed by atoms with E-state index in [1.165, 1.54) is 0 Å². The average molecular weight is 185 g/mol. The predicted octanol–water partition coefficient (Wildman–Crippen LogP) is 1.83. The van der Waals surface area contributed by atoms with E-state index in [-0.39, 0.29) is 0 Å². The fraction of sp³-hybridized carbons (Fsp3) is 0.600. The lowest BCUT2D eigenvalue weighted by atomic mass is 10.1. The summed E-state index contributed by atoms with van der Waals surface area (Å²) in [5, 5.41) is 17.7. The number of hydrogen-bond acceptors (Lipinski definition) is 3. The van der Waals surface area contributed by atoms with Crippen LogP contribution >= 0.6 is 0 Å². The third kappa shape index (κ3) is 4.83. The second kappa shape index (κ2) is 6.83. The van der Waals surface area contributed by atoms with E-state index in [9.17, 15) is 5.11 Å². The van der Waals surface area contributed by atoms with Gasteiger partial charge in [0.05, 0.1) is 0 Å². The third-order valence-electron chi connectivity index (χ3n) is 2.03. The normalized spacial score (nSPS) is 17.8. The molecule has 0 aromatic heterocycles. The molecule has 0 radical (unpaired) electrons. The van der Waals surface area contributed by atoms with Crippen LogP contribution < -0.4 is 5.48 Å². The molecule has 0 aromatic rings. The summed E-state index contributed by atoms with van der Waals surface area (Å²) in [6, 6.07) is 0. The number of hydroxylamine groups is 1. The van der Waals surface area contributed by atoms with Crippen LogP contribution in [0.2, 0.25) is 0 Å². The van der Waals surface area contributed by atoms with Gasteiger partial charge in [0.1, 0.15) is 0 Å². The number of hydrogen-bond donors (Lipinski definition) is 3. The van der Waals surface area contributed by atoms with Crippen molar-refractivity contribution in [2.45, 2.75) is 33.4 Å². The Morgan fingerprint density at radius 1 is 1.54 bits per heavy atom. The molecule has 0 rings (SSSR count). The van der Waals surface area contributed by atoms with E-state index in [2.05, 4.69) is 13.8 Å². The van der Waals surface area contributed by atoms with Crippen LogP contribution in [0, 0.1) is 5.92 Å². The first-order valence-electron chi connectivity index (χ1n) is 4.57. The SMILES string of the molecule is CC=C(C=CC(C)CC)C(O)NO. The van der Waals surface area contributed by atoms with E-state index in [1.807, 2.05) is 19.1 Å². The highest BCUT2D eigenvalue weighted by Crippen LogP contribution is 2.07. The molecular weight excluding hydrogens is 166 g/mol. The van der Waals surface area contributed by atoms with E-state index < -0.39 is 6.23 Å². The first kappa shape index (κ1) is 12.4. The van der Waals surface area contributed by atoms with Gasteiger partial charge in [-0.05, 0) is 18.4 Å². The lowest BCUT2D eigenvalue weighted by molar-refractivity contribution is 0.0267. The summed E-state index contributed by atoms with van der Waals surface area (Å²) in [7, 11) is 0. The van der Waals surface area contributed by atoms with Gasteiger partial charge in [0, 0.05) is 0 Å². The number of nitrogens with one attached hydrogen (secondary N) is 1. The maximum Gasteiger partial charge on any atom is 0.152 e. The maximum absolute atomic E-state index is 9.22. The van der Waals surface area contributed by atoms with Crippen LogP contribution in [0.25, 0.3) is 0 Å². The summed E-state index contributed by atoms with van der Waals surface area (Å²) in [4.78, 5) is 0. The molecule has 3 heteroatoms. The molecule has 76 valence electrons. The van der Waals surface area contributed by atoms with Crippen LogP contribution in [0.4, 0.5) is 0 Å². The van der Waals surface area contributed by atoms with Crippen molar-refractivity contribution in [1.82, 2.24) is 5.48 Å². The summed E-state index contributed by atoms with van der Waals surface area (Å²) >= 11 is 0. The maximum atomic E-state index is 9.22. The van der Waals surface area contributed by atoms with E-state index in [0.717, 1.165) is 6.42 Å². The molecule has 2 unspecified atom stereocenters. The summed E-state index contributed by atoms with van der Waals surface area (Å²) < 4.78 is 0. The van der Waals surface area contributed by atoms with Gasteiger partial charge >= 0.3 is 0 Å². The van der Waals surface area contributed by atoms with Gasteiger partial charge in [0.2, 0.25) is 0 Å². The second-order valence-corrected chi connectivity index (χ2v) is 3.06. The Balaban J connectivity index is 4.21. The molecule has 0 aliphatic carbocycles. The first-order valence-corrected chi connectivity index (χ1v) is 4.57. The molecule has 0 spiro atoms. The van der Waals surface area contributed by atoms with Crippen LogP contribution in [-0.2, 0) is 0 Å². The van der Waals surface area contributed by atoms with E-state index in [4.69, 9.17) is 5.21 Å². The summed E-state index contributed by atoms with van der Waals surface area (Å²) in [6.07, 6.45) is 5.66. The Morgan fingerprint density at radius 3 is 2.54 bits per heavy atom. The zero-order valence-electron chi connectivity index (χ0n) is 8.49. The Morgan fingerprint density at radius 2 is 2.15 bits per heavy atom. The number of aliphatic hydroxyl groups is 1.